The lowest BCUT2D eigenvalue weighted by Crippen LogP contribution is -2.02. The van der Waals surface area contributed by atoms with E-state index in [0.29, 0.717) is 27.6 Å². The van der Waals surface area contributed by atoms with E-state index in [2.05, 4.69) is 9.97 Å². The summed E-state index contributed by atoms with van der Waals surface area (Å²) in [6.45, 7) is 1.81. The fraction of sp³-hybridized carbons (Fsp3) is 0.200. The summed E-state index contributed by atoms with van der Waals surface area (Å²) in [6, 6.07) is 1.66. The van der Waals surface area contributed by atoms with E-state index < -0.39 is 11.2 Å². The molecule has 0 aliphatic rings. The van der Waals surface area contributed by atoms with Crippen LogP contribution in [0.25, 0.3) is 10.6 Å². The molecule has 2 N–H and O–H groups in total. The molecule has 2 aromatic rings. The molecule has 0 aromatic carbocycles. The zero-order valence-electron chi connectivity index (χ0n) is 8.75. The van der Waals surface area contributed by atoms with Crippen LogP contribution >= 0.6 is 11.3 Å². The van der Waals surface area contributed by atoms with Crippen LogP contribution in [0.2, 0.25) is 0 Å². The molecule has 0 fully saturated rings. The topological polar surface area (TPSA) is 51.8 Å². The van der Waals surface area contributed by atoms with Crippen LogP contribution in [0.1, 0.15) is 10.6 Å². The van der Waals surface area contributed by atoms with Gasteiger partial charge in [0.25, 0.3) is 0 Å². The number of nitrogens with two attached hydrogens (primary N) is 1. The first kappa shape index (κ1) is 11.8. The van der Waals surface area contributed by atoms with Crippen LogP contribution in [0.3, 0.4) is 0 Å². The number of rotatable bonds is 1. The van der Waals surface area contributed by atoms with Gasteiger partial charge in [-0.05, 0) is 18.6 Å². The summed E-state index contributed by atoms with van der Waals surface area (Å²) in [7, 11) is 0. The van der Waals surface area contributed by atoms with Crippen molar-refractivity contribution in [3.05, 3.63) is 29.0 Å². The average molecular weight is 259 g/mol. The maximum atomic E-state index is 12.4. The molecular weight excluding hydrogens is 251 g/mol. The minimum atomic E-state index is -4.43. The van der Waals surface area contributed by atoms with Gasteiger partial charge in [-0.25, -0.2) is 4.98 Å². The van der Waals surface area contributed by atoms with Crippen molar-refractivity contribution in [2.24, 2.45) is 0 Å². The highest BCUT2D eigenvalue weighted by Gasteiger charge is 2.34. The Kier molecular flexibility index (Phi) is 2.78. The second-order valence-electron chi connectivity index (χ2n) is 3.48. The van der Waals surface area contributed by atoms with Crippen LogP contribution in [-0.2, 0) is 6.18 Å². The van der Waals surface area contributed by atoms with E-state index in [0.717, 1.165) is 11.8 Å². The molecule has 0 saturated carbocycles. The van der Waals surface area contributed by atoms with E-state index in [1.807, 2.05) is 0 Å². The van der Waals surface area contributed by atoms with Gasteiger partial charge in [-0.2, -0.15) is 13.2 Å². The molecule has 3 nitrogen and oxygen atoms in total. The van der Waals surface area contributed by atoms with E-state index in [-0.39, 0.29) is 0 Å². The maximum Gasteiger partial charge on any atom is 0.443 e. The highest BCUT2D eigenvalue weighted by Crippen LogP contribution is 2.37. The van der Waals surface area contributed by atoms with Gasteiger partial charge in [0.15, 0.2) is 5.01 Å². The molecule has 0 radical (unpaired) electrons. The molecular formula is C10H8F3N3S. The van der Waals surface area contributed by atoms with E-state index in [9.17, 15) is 13.2 Å². The van der Waals surface area contributed by atoms with Crippen molar-refractivity contribution in [2.75, 3.05) is 5.73 Å². The summed E-state index contributed by atoms with van der Waals surface area (Å²) in [5.41, 5.74) is 7.25. The van der Waals surface area contributed by atoms with Gasteiger partial charge in [0.2, 0.25) is 0 Å². The quantitative estimate of drug-likeness (QED) is 0.856. The molecule has 0 bridgehead atoms. The number of alkyl halides is 3. The van der Waals surface area contributed by atoms with E-state index in [1.165, 1.54) is 0 Å². The largest absolute Gasteiger partial charge is 0.443 e. The van der Waals surface area contributed by atoms with Gasteiger partial charge < -0.3 is 5.73 Å². The van der Waals surface area contributed by atoms with Crippen molar-refractivity contribution < 1.29 is 13.2 Å². The van der Waals surface area contributed by atoms with Crippen molar-refractivity contribution in [1.82, 2.24) is 9.97 Å². The summed E-state index contributed by atoms with van der Waals surface area (Å²) < 4.78 is 37.1. The van der Waals surface area contributed by atoms with Crippen LogP contribution in [0.5, 0.6) is 0 Å². The third-order valence-electron chi connectivity index (χ3n) is 2.04. The normalized spacial score (nSPS) is 11.8. The molecule has 0 saturated heterocycles. The Morgan fingerprint density at radius 3 is 2.47 bits per heavy atom. The molecule has 0 aliphatic carbocycles. The Morgan fingerprint density at radius 2 is 1.94 bits per heavy atom. The standard InChI is InChI=1S/C10H8F3N3S/c1-5-2-6(14)8(15-3-5)7-4-16-9(17-7)10(11,12)13/h2-4H,14H2,1H3. The summed E-state index contributed by atoms with van der Waals surface area (Å²) >= 11 is 0.534. The summed E-state index contributed by atoms with van der Waals surface area (Å²) in [5.74, 6) is 0. The Balaban J connectivity index is 2.44. The van der Waals surface area contributed by atoms with Gasteiger partial charge in [0.05, 0.1) is 10.6 Å². The van der Waals surface area contributed by atoms with E-state index in [4.69, 9.17) is 5.73 Å². The number of thiazole rings is 1. The summed E-state index contributed by atoms with van der Waals surface area (Å²) in [5, 5.41) is -0.894. The zero-order valence-corrected chi connectivity index (χ0v) is 9.56. The van der Waals surface area contributed by atoms with Crippen LogP contribution in [0.15, 0.2) is 18.5 Å². The third-order valence-corrected chi connectivity index (χ3v) is 3.08. The van der Waals surface area contributed by atoms with Crippen molar-refractivity contribution in [3.63, 3.8) is 0 Å². The molecule has 0 spiro atoms. The Labute approximate surface area is 99.1 Å². The van der Waals surface area contributed by atoms with E-state index >= 15 is 0 Å². The third kappa shape index (κ3) is 2.38. The molecule has 0 unspecified atom stereocenters. The van der Waals surface area contributed by atoms with Gasteiger partial charge >= 0.3 is 6.18 Å². The second kappa shape index (κ2) is 3.99. The fourth-order valence-electron chi connectivity index (χ4n) is 1.31. The first-order valence-corrected chi connectivity index (χ1v) is 5.45. The number of aryl methyl sites for hydroxylation is 1. The average Bonchev–Trinajstić information content (AvgIpc) is 2.65. The zero-order chi connectivity index (χ0) is 12.6. The number of hydrogen-bond acceptors (Lipinski definition) is 4. The van der Waals surface area contributed by atoms with Gasteiger partial charge in [-0.15, -0.1) is 11.3 Å². The maximum absolute atomic E-state index is 12.4. The van der Waals surface area contributed by atoms with Gasteiger partial charge in [0, 0.05) is 12.4 Å². The number of aromatic nitrogens is 2. The summed E-state index contributed by atoms with van der Waals surface area (Å²) in [4.78, 5) is 7.66. The summed E-state index contributed by atoms with van der Waals surface area (Å²) in [6.07, 6.45) is -1.73. The second-order valence-corrected chi connectivity index (χ2v) is 4.51. The fourth-order valence-corrected chi connectivity index (χ4v) is 2.11. The van der Waals surface area contributed by atoms with Crippen LogP contribution in [0.4, 0.5) is 18.9 Å². The number of halogens is 3. The molecule has 0 amide bonds. The highest BCUT2D eigenvalue weighted by molar-refractivity contribution is 7.15. The highest BCUT2D eigenvalue weighted by atomic mass is 32.1. The van der Waals surface area contributed by atoms with Crippen molar-refractivity contribution in [2.45, 2.75) is 13.1 Å². The van der Waals surface area contributed by atoms with Crippen LogP contribution in [0, 0.1) is 6.92 Å². The predicted molar refractivity (Wildman–Crippen MR) is 59.5 cm³/mol. The lowest BCUT2D eigenvalue weighted by Gasteiger charge is -2.02. The minimum Gasteiger partial charge on any atom is -0.397 e. The van der Waals surface area contributed by atoms with Crippen molar-refractivity contribution >= 4 is 17.0 Å². The number of hydrogen-bond donors (Lipinski definition) is 1. The molecule has 90 valence electrons. The number of nitrogen functional groups attached to an aromatic ring is 1. The lowest BCUT2D eigenvalue weighted by atomic mass is 10.2. The molecule has 0 atom stereocenters. The molecule has 0 aliphatic heterocycles. The van der Waals surface area contributed by atoms with E-state index in [1.54, 1.807) is 19.2 Å². The van der Waals surface area contributed by atoms with Gasteiger partial charge in [-0.3, -0.25) is 4.98 Å². The van der Waals surface area contributed by atoms with Crippen LogP contribution < -0.4 is 5.73 Å². The predicted octanol–water partition coefficient (Wildman–Crippen LogP) is 3.11. The van der Waals surface area contributed by atoms with Gasteiger partial charge in [0.1, 0.15) is 5.69 Å². The first-order chi connectivity index (χ1) is 7.88. The number of nitrogens with zero attached hydrogens (tertiary/aromatic N) is 2. The Morgan fingerprint density at radius 1 is 1.24 bits per heavy atom. The van der Waals surface area contributed by atoms with Crippen LogP contribution in [-0.4, -0.2) is 9.97 Å². The monoisotopic (exact) mass is 259 g/mol. The lowest BCUT2D eigenvalue weighted by molar-refractivity contribution is -0.137. The number of anilines is 1. The molecule has 2 aromatic heterocycles. The van der Waals surface area contributed by atoms with Crippen molar-refractivity contribution in [1.29, 1.82) is 0 Å². The molecule has 17 heavy (non-hydrogen) atoms. The Bertz CT molecular complexity index is 548. The molecule has 7 heteroatoms. The smallest absolute Gasteiger partial charge is 0.397 e. The first-order valence-electron chi connectivity index (χ1n) is 4.63. The minimum absolute atomic E-state index is 0.315. The van der Waals surface area contributed by atoms with Gasteiger partial charge in [-0.1, -0.05) is 0 Å². The van der Waals surface area contributed by atoms with Crippen molar-refractivity contribution in [3.8, 4) is 10.6 Å². The SMILES string of the molecule is Cc1cnc(-c2cnc(C(F)(F)F)s2)c(N)c1. The molecule has 2 heterocycles. The molecule has 2 rings (SSSR count). The Hall–Kier alpha value is -1.63. The number of pyridine rings is 1.